The minimum atomic E-state index is -0.253. The Morgan fingerprint density at radius 3 is 2.42 bits per heavy atom. The summed E-state index contributed by atoms with van der Waals surface area (Å²) in [5, 5.41) is 22.6. The van der Waals surface area contributed by atoms with Crippen molar-refractivity contribution in [3.63, 3.8) is 0 Å². The van der Waals surface area contributed by atoms with Gasteiger partial charge in [-0.25, -0.2) is 0 Å². The molecule has 0 aliphatic heterocycles. The first-order chi connectivity index (χ1) is 11.6. The second-order valence-corrected chi connectivity index (χ2v) is 7.49. The van der Waals surface area contributed by atoms with E-state index < -0.39 is 0 Å². The molecule has 0 radical (unpaired) electrons. The lowest BCUT2D eigenvalue weighted by molar-refractivity contribution is 0.0680. The molecule has 1 aliphatic rings. The fourth-order valence-electron chi connectivity index (χ4n) is 3.44. The van der Waals surface area contributed by atoms with Gasteiger partial charge in [0.05, 0.1) is 11.8 Å². The predicted octanol–water partition coefficient (Wildman–Crippen LogP) is 4.88. The van der Waals surface area contributed by atoms with Crippen molar-refractivity contribution in [3.8, 4) is 0 Å². The number of hydrogen-bond donors (Lipinski definition) is 2. The Morgan fingerprint density at radius 2 is 1.83 bits per heavy atom. The van der Waals surface area contributed by atoms with Crippen molar-refractivity contribution < 1.29 is 10.3 Å². The maximum absolute atomic E-state index is 9.56. The summed E-state index contributed by atoms with van der Waals surface area (Å²) in [5.74, 6) is 0.329. The quantitative estimate of drug-likeness (QED) is 0.436. The van der Waals surface area contributed by atoms with Gasteiger partial charge in [0.15, 0.2) is 0 Å². The van der Waals surface area contributed by atoms with E-state index in [2.05, 4.69) is 58.3 Å². The molecule has 1 fully saturated rings. The van der Waals surface area contributed by atoms with Gasteiger partial charge in [-0.2, -0.15) is 0 Å². The Labute approximate surface area is 151 Å². The molecule has 24 heavy (non-hydrogen) atoms. The smallest absolute Gasteiger partial charge is 0.0613 e. The van der Waals surface area contributed by atoms with E-state index in [1.807, 2.05) is 18.2 Å². The van der Waals surface area contributed by atoms with Crippen molar-refractivity contribution in [2.45, 2.75) is 38.2 Å². The van der Waals surface area contributed by atoms with Gasteiger partial charge in [0.1, 0.15) is 0 Å². The van der Waals surface area contributed by atoms with Gasteiger partial charge < -0.3 is 10.3 Å². The molecule has 3 rings (SSSR count). The summed E-state index contributed by atoms with van der Waals surface area (Å²) >= 11 is 3.49. The number of hydrogen-bond acceptors (Lipinski definition) is 3. The van der Waals surface area contributed by atoms with Crippen molar-refractivity contribution >= 4 is 21.6 Å². The van der Waals surface area contributed by atoms with Crippen LogP contribution in [-0.4, -0.2) is 22.1 Å². The molecule has 4 heteroatoms. The van der Waals surface area contributed by atoms with E-state index >= 15 is 0 Å². The minimum Gasteiger partial charge on any atom is -0.411 e. The zero-order valence-electron chi connectivity index (χ0n) is 13.7. The lowest BCUT2D eigenvalue weighted by Crippen LogP contribution is -2.35. The first-order valence-electron chi connectivity index (χ1n) is 8.28. The second kappa shape index (κ2) is 7.49. The molecule has 0 amide bonds. The van der Waals surface area contributed by atoms with E-state index in [0.717, 1.165) is 10.2 Å². The molecular weight excluding hydrogens is 366 g/mol. The third kappa shape index (κ3) is 3.70. The number of halogens is 1. The molecule has 0 bridgehead atoms. The normalized spacial score (nSPS) is 22.0. The number of aliphatic hydroxyl groups excluding tert-OH is 1. The largest absolute Gasteiger partial charge is 0.411 e. The van der Waals surface area contributed by atoms with E-state index in [-0.39, 0.29) is 17.9 Å². The molecule has 1 unspecified atom stereocenters. The van der Waals surface area contributed by atoms with Gasteiger partial charge in [-0.05, 0) is 48.6 Å². The lowest BCUT2D eigenvalue weighted by Gasteiger charge is -2.33. The van der Waals surface area contributed by atoms with Gasteiger partial charge in [-0.3, -0.25) is 0 Å². The van der Waals surface area contributed by atoms with E-state index in [1.54, 1.807) is 0 Å². The number of aryl methyl sites for hydroxylation is 1. The topological polar surface area (TPSA) is 52.8 Å². The summed E-state index contributed by atoms with van der Waals surface area (Å²) in [6, 6.07) is 16.7. The summed E-state index contributed by atoms with van der Waals surface area (Å²) in [5.41, 5.74) is 4.47. The van der Waals surface area contributed by atoms with Crippen LogP contribution < -0.4 is 0 Å². The molecule has 2 aromatic carbocycles. The van der Waals surface area contributed by atoms with Crippen LogP contribution in [0.1, 0.15) is 41.9 Å². The average molecular weight is 388 g/mol. The first kappa shape index (κ1) is 17.2. The molecule has 0 heterocycles. The number of rotatable bonds is 5. The predicted molar refractivity (Wildman–Crippen MR) is 99.7 cm³/mol. The molecule has 0 saturated heterocycles. The highest BCUT2D eigenvalue weighted by Gasteiger charge is 2.33. The van der Waals surface area contributed by atoms with Crippen molar-refractivity contribution in [2.24, 2.45) is 11.1 Å². The molecular formula is C20H22BrNO2. The zero-order chi connectivity index (χ0) is 17.1. The number of oxime groups is 1. The highest BCUT2D eigenvalue weighted by molar-refractivity contribution is 9.10. The molecule has 2 aromatic rings. The Morgan fingerprint density at radius 1 is 1.17 bits per heavy atom. The van der Waals surface area contributed by atoms with Crippen molar-refractivity contribution in [2.75, 3.05) is 0 Å². The van der Waals surface area contributed by atoms with Crippen molar-refractivity contribution in [1.29, 1.82) is 0 Å². The van der Waals surface area contributed by atoms with Crippen LogP contribution in [0.4, 0.5) is 0 Å². The highest BCUT2D eigenvalue weighted by Crippen LogP contribution is 2.36. The molecule has 0 spiro atoms. The molecule has 1 aliphatic carbocycles. The van der Waals surface area contributed by atoms with Gasteiger partial charge >= 0.3 is 0 Å². The molecule has 3 nitrogen and oxygen atoms in total. The van der Waals surface area contributed by atoms with E-state index in [4.69, 9.17) is 0 Å². The molecule has 1 saturated carbocycles. The van der Waals surface area contributed by atoms with Crippen molar-refractivity contribution in [1.82, 2.24) is 0 Å². The minimum absolute atomic E-state index is 0.142. The summed E-state index contributed by atoms with van der Waals surface area (Å²) in [6.45, 7) is 2.12. The number of nitrogens with zero attached hydrogens (tertiary/aromatic N) is 1. The van der Waals surface area contributed by atoms with Crippen LogP contribution in [-0.2, 0) is 0 Å². The van der Waals surface area contributed by atoms with Gasteiger partial charge in [-0.1, -0.05) is 57.5 Å². The van der Waals surface area contributed by atoms with Crippen LogP contribution in [0.3, 0.4) is 0 Å². The standard InChI is InChI=1S/C20H22BrNO2/c1-13-4-2-3-5-18(13)19(14-6-8-16(21)9-7-14)12-20(22-24)15-10-17(23)11-15/h2-9,15,17,19,23-24H,10-12H2,1H3/b22-20-. The summed E-state index contributed by atoms with van der Waals surface area (Å²) in [4.78, 5) is 0. The molecule has 2 N–H and O–H groups in total. The van der Waals surface area contributed by atoms with Crippen molar-refractivity contribution in [3.05, 3.63) is 69.7 Å². The van der Waals surface area contributed by atoms with Gasteiger partial charge in [-0.15, -0.1) is 0 Å². The fourth-order valence-corrected chi connectivity index (χ4v) is 3.70. The zero-order valence-corrected chi connectivity index (χ0v) is 15.3. The molecule has 1 atom stereocenters. The van der Waals surface area contributed by atoms with Crippen LogP contribution in [0, 0.1) is 12.8 Å². The van der Waals surface area contributed by atoms with Gasteiger partial charge in [0.2, 0.25) is 0 Å². The van der Waals surface area contributed by atoms with Crippen LogP contribution in [0.2, 0.25) is 0 Å². The third-order valence-corrected chi connectivity index (χ3v) is 5.49. The summed E-state index contributed by atoms with van der Waals surface area (Å²) < 4.78 is 1.05. The average Bonchev–Trinajstić information content (AvgIpc) is 2.56. The molecule has 0 aromatic heterocycles. The number of aliphatic hydroxyl groups is 1. The molecule has 126 valence electrons. The van der Waals surface area contributed by atoms with Crippen LogP contribution in [0.5, 0.6) is 0 Å². The van der Waals surface area contributed by atoms with Gasteiger partial charge in [0.25, 0.3) is 0 Å². The Balaban J connectivity index is 1.93. The Hall–Kier alpha value is -1.65. The maximum Gasteiger partial charge on any atom is 0.0613 e. The summed E-state index contributed by atoms with van der Waals surface area (Å²) in [7, 11) is 0. The Kier molecular flexibility index (Phi) is 5.36. The van der Waals surface area contributed by atoms with Gasteiger partial charge in [0, 0.05) is 22.7 Å². The number of benzene rings is 2. The van der Waals surface area contributed by atoms with E-state index in [9.17, 15) is 10.3 Å². The Bertz CT molecular complexity index is 721. The van der Waals surface area contributed by atoms with Crippen LogP contribution in [0.15, 0.2) is 58.2 Å². The second-order valence-electron chi connectivity index (χ2n) is 6.58. The maximum atomic E-state index is 9.56. The van der Waals surface area contributed by atoms with Crippen LogP contribution >= 0.6 is 15.9 Å². The lowest BCUT2D eigenvalue weighted by atomic mass is 9.74. The monoisotopic (exact) mass is 387 g/mol. The van der Waals surface area contributed by atoms with E-state index in [0.29, 0.717) is 19.3 Å². The SMILES string of the molecule is Cc1ccccc1C(C/C(=N/O)C1CC(O)C1)c1ccc(Br)cc1. The van der Waals surface area contributed by atoms with E-state index in [1.165, 1.54) is 16.7 Å². The highest BCUT2D eigenvalue weighted by atomic mass is 79.9. The van der Waals surface area contributed by atoms with Crippen LogP contribution in [0.25, 0.3) is 0 Å². The fraction of sp³-hybridized carbons (Fsp3) is 0.350. The first-order valence-corrected chi connectivity index (χ1v) is 9.07. The summed E-state index contributed by atoms with van der Waals surface area (Å²) in [6.07, 6.45) is 1.80. The third-order valence-electron chi connectivity index (χ3n) is 4.96.